The predicted molar refractivity (Wildman–Crippen MR) is 141 cm³/mol. The Morgan fingerprint density at radius 2 is 1.67 bits per heavy atom. The van der Waals surface area contributed by atoms with Gasteiger partial charge in [0.15, 0.2) is 12.7 Å². The fourth-order valence-corrected chi connectivity index (χ4v) is 5.48. The molecule has 1 unspecified atom stereocenters. The van der Waals surface area contributed by atoms with Gasteiger partial charge in [-0.2, -0.15) is 4.57 Å². The first-order valence-corrected chi connectivity index (χ1v) is 13.0. The van der Waals surface area contributed by atoms with Gasteiger partial charge in [0.25, 0.3) is 0 Å². The third-order valence-corrected chi connectivity index (χ3v) is 7.54. The Kier molecular flexibility index (Phi) is 7.48. The first-order valence-electron chi connectivity index (χ1n) is 13.0. The van der Waals surface area contributed by atoms with E-state index in [1.807, 2.05) is 0 Å². The molecule has 0 amide bonds. The Morgan fingerprint density at radius 3 is 2.39 bits per heavy atom. The minimum absolute atomic E-state index is 0.113. The number of hydrogen-bond acceptors (Lipinski definition) is 0. The van der Waals surface area contributed by atoms with Crippen molar-refractivity contribution in [1.29, 1.82) is 0 Å². The summed E-state index contributed by atoms with van der Waals surface area (Å²) in [6.07, 6.45) is 11.7. The molecular formula is C32H40N+. The van der Waals surface area contributed by atoms with Crippen molar-refractivity contribution in [2.75, 3.05) is 0 Å². The van der Waals surface area contributed by atoms with Gasteiger partial charge in [-0.05, 0) is 72.9 Å². The van der Waals surface area contributed by atoms with Crippen LogP contribution in [0.2, 0.25) is 0 Å². The van der Waals surface area contributed by atoms with Crippen molar-refractivity contribution < 1.29 is 4.57 Å². The summed E-state index contributed by atoms with van der Waals surface area (Å²) in [5, 5.41) is 0. The maximum absolute atomic E-state index is 4.49. The Labute approximate surface area is 201 Å². The summed E-state index contributed by atoms with van der Waals surface area (Å²) in [6, 6.07) is 23.0. The number of hydrogen-bond donors (Lipinski definition) is 0. The Balaban J connectivity index is 1.74. The van der Waals surface area contributed by atoms with Crippen molar-refractivity contribution >= 4 is 0 Å². The number of allylic oxidation sites excluding steroid dienone is 1. The van der Waals surface area contributed by atoms with Crippen LogP contribution in [0.3, 0.4) is 0 Å². The van der Waals surface area contributed by atoms with E-state index in [1.165, 1.54) is 71.2 Å². The molecule has 0 saturated carbocycles. The molecule has 2 heterocycles. The van der Waals surface area contributed by atoms with E-state index < -0.39 is 0 Å². The fraction of sp³-hybridized carbons (Fsp3) is 0.406. The maximum atomic E-state index is 4.49. The standard InChI is InChI=1S/C32H40N/c1-5-8-12-25(4)23-32(7-3)24-33-21-11-10-14-31(33)29-22-28(19-20-30(29)32)27-17-15-26(16-18-27)13-9-6-2/h10-11,14-22H,4-9,12-13,23-24H2,1-3H3/q+1. The molecule has 4 rings (SSSR count). The van der Waals surface area contributed by atoms with E-state index in [4.69, 9.17) is 0 Å². The SMILES string of the molecule is C=C(CCCC)CC1(CC)C[n+]2ccccc2-c2cc(-c3ccc(CCCC)cc3)ccc21. The van der Waals surface area contributed by atoms with Gasteiger partial charge in [-0.25, -0.2) is 0 Å². The molecule has 1 aromatic heterocycles. The van der Waals surface area contributed by atoms with Gasteiger partial charge >= 0.3 is 0 Å². The van der Waals surface area contributed by atoms with Gasteiger partial charge in [0, 0.05) is 12.1 Å². The molecule has 0 spiro atoms. The average molecular weight is 439 g/mol. The molecule has 0 saturated heterocycles. The minimum atomic E-state index is 0.113. The van der Waals surface area contributed by atoms with Crippen molar-refractivity contribution in [2.24, 2.45) is 0 Å². The van der Waals surface area contributed by atoms with Crippen LogP contribution < -0.4 is 4.57 Å². The zero-order valence-electron chi connectivity index (χ0n) is 20.9. The first kappa shape index (κ1) is 23.5. The number of fused-ring (bicyclic) bond motifs is 3. The lowest BCUT2D eigenvalue weighted by atomic mass is 9.68. The van der Waals surface area contributed by atoms with E-state index >= 15 is 0 Å². The number of pyridine rings is 1. The highest BCUT2D eigenvalue weighted by molar-refractivity contribution is 5.74. The highest BCUT2D eigenvalue weighted by Crippen LogP contribution is 2.44. The maximum Gasteiger partial charge on any atom is 0.212 e. The smallest absolute Gasteiger partial charge is 0.197 e. The van der Waals surface area contributed by atoms with Gasteiger partial charge in [0.05, 0.1) is 11.0 Å². The van der Waals surface area contributed by atoms with Crippen LogP contribution in [0.15, 0.2) is 79.0 Å². The molecule has 1 aliphatic rings. The second kappa shape index (κ2) is 10.5. The van der Waals surface area contributed by atoms with Crippen molar-refractivity contribution in [1.82, 2.24) is 0 Å². The van der Waals surface area contributed by atoms with E-state index in [9.17, 15) is 0 Å². The topological polar surface area (TPSA) is 3.88 Å². The third kappa shape index (κ3) is 4.98. The molecule has 1 nitrogen and oxygen atoms in total. The molecule has 0 N–H and O–H groups in total. The van der Waals surface area contributed by atoms with Gasteiger partial charge < -0.3 is 0 Å². The summed E-state index contributed by atoms with van der Waals surface area (Å²) in [5.74, 6) is 0. The zero-order chi connectivity index (χ0) is 23.3. The van der Waals surface area contributed by atoms with Crippen LogP contribution in [0.4, 0.5) is 0 Å². The van der Waals surface area contributed by atoms with Crippen LogP contribution >= 0.6 is 0 Å². The molecule has 1 heteroatoms. The number of rotatable bonds is 10. The molecule has 0 aliphatic carbocycles. The molecule has 1 aliphatic heterocycles. The van der Waals surface area contributed by atoms with Crippen LogP contribution in [0.25, 0.3) is 22.4 Å². The van der Waals surface area contributed by atoms with E-state index in [2.05, 4.69) is 98.8 Å². The first-order chi connectivity index (χ1) is 16.1. The fourth-order valence-electron chi connectivity index (χ4n) is 5.48. The van der Waals surface area contributed by atoms with E-state index in [1.54, 1.807) is 0 Å². The van der Waals surface area contributed by atoms with Crippen LogP contribution in [-0.4, -0.2) is 0 Å². The van der Waals surface area contributed by atoms with Crippen LogP contribution in [0.5, 0.6) is 0 Å². The molecule has 172 valence electrons. The molecule has 2 aromatic carbocycles. The molecule has 1 atom stereocenters. The molecular weight excluding hydrogens is 398 g/mol. The highest BCUT2D eigenvalue weighted by Gasteiger charge is 2.42. The van der Waals surface area contributed by atoms with Crippen molar-refractivity contribution in [2.45, 2.75) is 84.1 Å². The van der Waals surface area contributed by atoms with Gasteiger partial charge in [-0.15, -0.1) is 0 Å². The molecule has 33 heavy (non-hydrogen) atoms. The largest absolute Gasteiger partial charge is 0.212 e. The Bertz CT molecular complexity index is 1090. The number of benzene rings is 2. The van der Waals surface area contributed by atoms with Gasteiger partial charge in [0.1, 0.15) is 0 Å². The Morgan fingerprint density at radius 1 is 0.909 bits per heavy atom. The molecule has 0 bridgehead atoms. The quantitative estimate of drug-likeness (QED) is 0.221. The van der Waals surface area contributed by atoms with Gasteiger partial charge in [0.2, 0.25) is 5.69 Å². The Hall–Kier alpha value is -2.67. The average Bonchev–Trinajstić information content (AvgIpc) is 2.86. The van der Waals surface area contributed by atoms with Gasteiger partial charge in [-0.3, -0.25) is 0 Å². The summed E-state index contributed by atoms with van der Waals surface area (Å²) in [4.78, 5) is 0. The van der Waals surface area contributed by atoms with Crippen molar-refractivity contribution in [3.8, 4) is 22.4 Å². The summed E-state index contributed by atoms with van der Waals surface area (Å²) >= 11 is 0. The lowest BCUT2D eigenvalue weighted by Gasteiger charge is -2.36. The molecule has 0 radical (unpaired) electrons. The minimum Gasteiger partial charge on any atom is -0.197 e. The second-order valence-electron chi connectivity index (χ2n) is 9.94. The monoisotopic (exact) mass is 438 g/mol. The van der Waals surface area contributed by atoms with Gasteiger partial charge in [-0.1, -0.05) is 82.2 Å². The number of nitrogens with zero attached hydrogens (tertiary/aromatic N) is 1. The predicted octanol–water partition coefficient (Wildman–Crippen LogP) is 8.45. The van der Waals surface area contributed by atoms with Crippen LogP contribution in [-0.2, 0) is 18.4 Å². The van der Waals surface area contributed by atoms with Crippen LogP contribution in [0.1, 0.15) is 76.8 Å². The van der Waals surface area contributed by atoms with E-state index in [-0.39, 0.29) is 5.41 Å². The lowest BCUT2D eigenvalue weighted by Crippen LogP contribution is -2.51. The third-order valence-electron chi connectivity index (χ3n) is 7.54. The summed E-state index contributed by atoms with van der Waals surface area (Å²) in [6.45, 7) is 12.4. The van der Waals surface area contributed by atoms with E-state index in [0.717, 1.165) is 25.8 Å². The summed E-state index contributed by atoms with van der Waals surface area (Å²) in [5.41, 5.74) is 9.78. The highest BCUT2D eigenvalue weighted by atomic mass is 15.0. The normalized spacial score (nSPS) is 16.8. The van der Waals surface area contributed by atoms with Crippen molar-refractivity contribution in [3.63, 3.8) is 0 Å². The lowest BCUT2D eigenvalue weighted by molar-refractivity contribution is -0.697. The van der Waals surface area contributed by atoms with E-state index in [0.29, 0.717) is 0 Å². The molecule has 3 aromatic rings. The van der Waals surface area contributed by atoms with Crippen molar-refractivity contribution in [3.05, 3.63) is 90.1 Å². The second-order valence-corrected chi connectivity index (χ2v) is 9.94. The van der Waals surface area contributed by atoms with Crippen LogP contribution in [0, 0.1) is 0 Å². The number of aryl methyl sites for hydroxylation is 1. The summed E-state index contributed by atoms with van der Waals surface area (Å²) < 4.78 is 2.47. The summed E-state index contributed by atoms with van der Waals surface area (Å²) in [7, 11) is 0. The molecule has 0 fully saturated rings. The number of aromatic nitrogens is 1. The zero-order valence-corrected chi connectivity index (χ0v) is 20.9. The number of unbranched alkanes of at least 4 members (excludes halogenated alkanes) is 2.